The van der Waals surface area contributed by atoms with Crippen LogP contribution in [0.4, 0.5) is 4.79 Å². The number of hydrogen-bond donors (Lipinski definition) is 0. The zero-order chi connectivity index (χ0) is 19.3. The molecule has 1 amide bonds. The van der Waals surface area contributed by atoms with Gasteiger partial charge in [-0.25, -0.2) is 4.79 Å². The van der Waals surface area contributed by atoms with E-state index in [0.717, 1.165) is 17.7 Å². The van der Waals surface area contributed by atoms with Gasteiger partial charge in [-0.1, -0.05) is 12.1 Å². The fourth-order valence-corrected chi connectivity index (χ4v) is 2.75. The SMILES string of the molecule is CCOC(=O)[C@H](C)c1ccc(O[C@@H]2CCN(C(=O)OC(C)(C)C)C2)cc1. The molecule has 6 nitrogen and oxygen atoms in total. The molecule has 0 radical (unpaired) electrons. The molecule has 1 aromatic rings. The molecular weight excluding hydrogens is 334 g/mol. The van der Waals surface area contributed by atoms with Crippen molar-refractivity contribution < 1.29 is 23.8 Å². The zero-order valence-corrected chi connectivity index (χ0v) is 16.3. The Labute approximate surface area is 155 Å². The average Bonchev–Trinajstić information content (AvgIpc) is 3.02. The minimum absolute atomic E-state index is 0.0594. The van der Waals surface area contributed by atoms with Crippen molar-refractivity contribution in [2.45, 2.75) is 58.7 Å². The predicted molar refractivity (Wildman–Crippen MR) is 98.3 cm³/mol. The summed E-state index contributed by atoms with van der Waals surface area (Å²) in [5, 5.41) is 0. The van der Waals surface area contributed by atoms with E-state index in [9.17, 15) is 9.59 Å². The summed E-state index contributed by atoms with van der Waals surface area (Å²) in [6.07, 6.45) is 0.401. The van der Waals surface area contributed by atoms with Crippen LogP contribution in [-0.2, 0) is 14.3 Å². The molecule has 2 rings (SSSR count). The Bertz CT molecular complexity index is 620. The third-order valence-corrected chi connectivity index (χ3v) is 4.12. The van der Waals surface area contributed by atoms with Crippen LogP contribution in [0.25, 0.3) is 0 Å². The van der Waals surface area contributed by atoms with Crippen LogP contribution >= 0.6 is 0 Å². The molecule has 0 aromatic heterocycles. The van der Waals surface area contributed by atoms with Crippen molar-refractivity contribution in [3.8, 4) is 5.75 Å². The molecule has 144 valence electrons. The number of benzene rings is 1. The van der Waals surface area contributed by atoms with Crippen LogP contribution in [0.5, 0.6) is 5.75 Å². The van der Waals surface area contributed by atoms with Crippen LogP contribution in [0.2, 0.25) is 0 Å². The molecule has 1 heterocycles. The largest absolute Gasteiger partial charge is 0.489 e. The smallest absolute Gasteiger partial charge is 0.410 e. The first-order valence-corrected chi connectivity index (χ1v) is 9.10. The normalized spacial score (nSPS) is 18.3. The van der Waals surface area contributed by atoms with Gasteiger partial charge in [-0.3, -0.25) is 4.79 Å². The van der Waals surface area contributed by atoms with E-state index in [4.69, 9.17) is 14.2 Å². The highest BCUT2D eigenvalue weighted by Gasteiger charge is 2.30. The third-order valence-electron chi connectivity index (χ3n) is 4.12. The van der Waals surface area contributed by atoms with E-state index in [-0.39, 0.29) is 24.1 Å². The van der Waals surface area contributed by atoms with Gasteiger partial charge in [-0.05, 0) is 52.3 Å². The Balaban J connectivity index is 1.88. The number of carbonyl (C=O) groups excluding carboxylic acids is 2. The van der Waals surface area contributed by atoms with Gasteiger partial charge in [0.25, 0.3) is 0 Å². The summed E-state index contributed by atoms with van der Waals surface area (Å²) in [6.45, 7) is 10.7. The van der Waals surface area contributed by atoms with E-state index in [1.54, 1.807) is 11.8 Å². The van der Waals surface area contributed by atoms with Gasteiger partial charge < -0.3 is 19.1 Å². The van der Waals surface area contributed by atoms with Crippen molar-refractivity contribution in [1.29, 1.82) is 0 Å². The maximum atomic E-state index is 12.1. The quantitative estimate of drug-likeness (QED) is 0.746. The minimum atomic E-state index is -0.499. The van der Waals surface area contributed by atoms with Gasteiger partial charge in [0.2, 0.25) is 0 Å². The molecule has 6 heteroatoms. The van der Waals surface area contributed by atoms with E-state index in [0.29, 0.717) is 19.7 Å². The van der Waals surface area contributed by atoms with E-state index < -0.39 is 5.60 Å². The number of rotatable bonds is 5. The number of carbonyl (C=O) groups is 2. The highest BCUT2D eigenvalue weighted by Crippen LogP contribution is 2.24. The number of amides is 1. The lowest BCUT2D eigenvalue weighted by Crippen LogP contribution is -2.36. The summed E-state index contributed by atoms with van der Waals surface area (Å²) in [7, 11) is 0. The molecule has 1 fully saturated rings. The van der Waals surface area contributed by atoms with Gasteiger partial charge in [-0.15, -0.1) is 0 Å². The molecule has 1 saturated heterocycles. The highest BCUT2D eigenvalue weighted by atomic mass is 16.6. The maximum absolute atomic E-state index is 12.1. The molecule has 1 aliphatic heterocycles. The lowest BCUT2D eigenvalue weighted by molar-refractivity contribution is -0.144. The predicted octanol–water partition coefficient (Wildman–Crippen LogP) is 3.74. The van der Waals surface area contributed by atoms with E-state index in [2.05, 4.69) is 0 Å². The second kappa shape index (κ2) is 8.43. The van der Waals surface area contributed by atoms with Gasteiger partial charge in [0, 0.05) is 13.0 Å². The first-order chi connectivity index (χ1) is 12.2. The number of hydrogen-bond acceptors (Lipinski definition) is 5. The van der Waals surface area contributed by atoms with Crippen molar-refractivity contribution >= 4 is 12.1 Å². The lowest BCUT2D eigenvalue weighted by atomic mass is 10.0. The minimum Gasteiger partial charge on any atom is -0.489 e. The van der Waals surface area contributed by atoms with Crippen molar-refractivity contribution in [3.63, 3.8) is 0 Å². The molecule has 0 spiro atoms. The molecular formula is C20H29NO5. The van der Waals surface area contributed by atoms with Gasteiger partial charge in [-0.2, -0.15) is 0 Å². The molecule has 0 saturated carbocycles. The number of ether oxygens (including phenoxy) is 3. The third kappa shape index (κ3) is 5.64. The summed E-state index contributed by atoms with van der Waals surface area (Å²) >= 11 is 0. The summed E-state index contributed by atoms with van der Waals surface area (Å²) in [6, 6.07) is 7.44. The number of esters is 1. The molecule has 2 atom stereocenters. The molecule has 0 aliphatic carbocycles. The van der Waals surface area contributed by atoms with Crippen LogP contribution in [0.15, 0.2) is 24.3 Å². The monoisotopic (exact) mass is 363 g/mol. The highest BCUT2D eigenvalue weighted by molar-refractivity contribution is 5.77. The van der Waals surface area contributed by atoms with E-state index in [1.165, 1.54) is 0 Å². The maximum Gasteiger partial charge on any atom is 0.410 e. The molecule has 1 aromatic carbocycles. The van der Waals surface area contributed by atoms with Gasteiger partial charge >= 0.3 is 12.1 Å². The standard InChI is InChI=1S/C20H29NO5/c1-6-24-18(22)14(2)15-7-9-16(10-8-15)25-17-11-12-21(13-17)19(23)26-20(3,4)5/h7-10,14,17H,6,11-13H2,1-5H3/t14-,17-/m1/s1. The van der Waals surface area contributed by atoms with Crippen LogP contribution in [0.3, 0.4) is 0 Å². The molecule has 0 N–H and O–H groups in total. The summed E-state index contributed by atoms with van der Waals surface area (Å²) in [5.41, 5.74) is 0.388. The van der Waals surface area contributed by atoms with E-state index in [1.807, 2.05) is 52.0 Å². The first kappa shape index (κ1) is 20.1. The summed E-state index contributed by atoms with van der Waals surface area (Å²) < 4.78 is 16.4. The van der Waals surface area contributed by atoms with Crippen LogP contribution in [0.1, 0.15) is 52.5 Å². The van der Waals surface area contributed by atoms with Crippen molar-refractivity contribution in [1.82, 2.24) is 4.90 Å². The summed E-state index contributed by atoms with van der Waals surface area (Å²) in [5.74, 6) is 0.184. The van der Waals surface area contributed by atoms with Crippen LogP contribution in [-0.4, -0.2) is 48.4 Å². The molecule has 0 unspecified atom stereocenters. The van der Waals surface area contributed by atoms with Crippen molar-refractivity contribution in [2.75, 3.05) is 19.7 Å². The van der Waals surface area contributed by atoms with Gasteiger partial charge in [0.15, 0.2) is 0 Å². The number of nitrogens with zero attached hydrogens (tertiary/aromatic N) is 1. The zero-order valence-electron chi connectivity index (χ0n) is 16.3. The molecule has 26 heavy (non-hydrogen) atoms. The van der Waals surface area contributed by atoms with Crippen molar-refractivity contribution in [3.05, 3.63) is 29.8 Å². The first-order valence-electron chi connectivity index (χ1n) is 9.10. The lowest BCUT2D eigenvalue weighted by Gasteiger charge is -2.24. The van der Waals surface area contributed by atoms with Crippen LogP contribution in [0, 0.1) is 0 Å². The molecule has 1 aliphatic rings. The fourth-order valence-electron chi connectivity index (χ4n) is 2.75. The Morgan fingerprint density at radius 3 is 2.46 bits per heavy atom. The fraction of sp³-hybridized carbons (Fsp3) is 0.600. The topological polar surface area (TPSA) is 65.1 Å². The van der Waals surface area contributed by atoms with E-state index >= 15 is 0 Å². The Morgan fingerprint density at radius 2 is 1.88 bits per heavy atom. The van der Waals surface area contributed by atoms with Crippen molar-refractivity contribution in [2.24, 2.45) is 0 Å². The Kier molecular flexibility index (Phi) is 6.51. The second-order valence-corrected chi connectivity index (χ2v) is 7.50. The van der Waals surface area contributed by atoms with Gasteiger partial charge in [0.1, 0.15) is 17.5 Å². The Morgan fingerprint density at radius 1 is 1.23 bits per heavy atom. The van der Waals surface area contributed by atoms with Gasteiger partial charge in [0.05, 0.1) is 19.1 Å². The molecule has 0 bridgehead atoms. The van der Waals surface area contributed by atoms with Crippen LogP contribution < -0.4 is 4.74 Å². The second-order valence-electron chi connectivity index (χ2n) is 7.50. The Hall–Kier alpha value is -2.24. The average molecular weight is 363 g/mol. The summed E-state index contributed by atoms with van der Waals surface area (Å²) in [4.78, 5) is 25.6. The number of likely N-dealkylation sites (tertiary alicyclic amines) is 1.